The number of hydrogen-bond acceptors (Lipinski definition) is 3. The van der Waals surface area contributed by atoms with Gasteiger partial charge in [-0.05, 0) is 5.56 Å². The summed E-state index contributed by atoms with van der Waals surface area (Å²) in [4.78, 5) is 11.9. The van der Waals surface area contributed by atoms with Crippen molar-refractivity contribution in [3.05, 3.63) is 89.7 Å². The van der Waals surface area contributed by atoms with Crippen molar-refractivity contribution in [2.45, 2.75) is 6.42 Å². The molecule has 0 saturated heterocycles. The van der Waals surface area contributed by atoms with E-state index in [1.807, 2.05) is 48.6 Å². The first-order valence-corrected chi connectivity index (χ1v) is 7.54. The van der Waals surface area contributed by atoms with E-state index in [0.29, 0.717) is 25.2 Å². The fourth-order valence-corrected chi connectivity index (χ4v) is 1.99. The van der Waals surface area contributed by atoms with Crippen molar-refractivity contribution in [2.24, 2.45) is 0 Å². The zero-order chi connectivity index (χ0) is 16.3. The molecule has 0 aliphatic carbocycles. The van der Waals surface area contributed by atoms with E-state index in [4.69, 9.17) is 4.74 Å². The molecule has 1 N–H and O–H groups in total. The van der Waals surface area contributed by atoms with Crippen molar-refractivity contribution in [3.8, 4) is 0 Å². The molecule has 118 valence electrons. The van der Waals surface area contributed by atoms with Gasteiger partial charge in [-0.1, -0.05) is 72.8 Å². The summed E-state index contributed by atoms with van der Waals surface area (Å²) in [5.74, 6) is -0.169. The van der Waals surface area contributed by atoms with Gasteiger partial charge >= 0.3 is 0 Å². The predicted octanol–water partition coefficient (Wildman–Crippen LogP) is 4.43. The molecule has 0 radical (unpaired) electrons. The minimum absolute atomic E-state index is 0.0332. The van der Waals surface area contributed by atoms with Crippen LogP contribution in [0.2, 0.25) is 0 Å². The number of benzene rings is 2. The summed E-state index contributed by atoms with van der Waals surface area (Å²) in [6.45, 7) is 0.832. The first-order chi connectivity index (χ1) is 11.3. The molecule has 0 unspecified atom stereocenters. The Morgan fingerprint density at radius 2 is 1.65 bits per heavy atom. The van der Waals surface area contributed by atoms with Crippen molar-refractivity contribution in [1.29, 1.82) is 0 Å². The maximum atomic E-state index is 11.9. The number of rotatable bonds is 8. The molecule has 0 aromatic heterocycles. The molecule has 0 saturated carbocycles. The third kappa shape index (κ3) is 6.32. The topological polar surface area (TPSA) is 46.5 Å². The number of ketones is 1. The van der Waals surface area contributed by atoms with E-state index in [1.165, 1.54) is 6.08 Å². The van der Waals surface area contributed by atoms with Gasteiger partial charge in [0.1, 0.15) is 0 Å². The first-order valence-electron chi connectivity index (χ1n) is 7.54. The van der Waals surface area contributed by atoms with Crippen LogP contribution in [0.3, 0.4) is 0 Å². The third-order valence-corrected chi connectivity index (χ3v) is 3.18. The van der Waals surface area contributed by atoms with E-state index in [1.54, 1.807) is 24.3 Å². The van der Waals surface area contributed by atoms with Crippen LogP contribution in [0.1, 0.15) is 22.3 Å². The largest absolute Gasteiger partial charge is 0.512 e. The Morgan fingerprint density at radius 3 is 2.35 bits per heavy atom. The standard InChI is InChI=1S/C20H20O3/c21-19(16-20(22)18-11-5-2-6-12-18)13-15-23-14-7-10-17-8-3-1-4-9-17/h1-12,16,21H,13-15H2/b10-7+,19-16-. The number of aliphatic hydroxyl groups is 1. The second-order valence-corrected chi connectivity index (χ2v) is 5.00. The van der Waals surface area contributed by atoms with E-state index in [-0.39, 0.29) is 11.5 Å². The van der Waals surface area contributed by atoms with Crippen LogP contribution < -0.4 is 0 Å². The van der Waals surface area contributed by atoms with Gasteiger partial charge in [-0.25, -0.2) is 0 Å². The van der Waals surface area contributed by atoms with Crippen LogP contribution in [0, 0.1) is 0 Å². The monoisotopic (exact) mass is 308 g/mol. The van der Waals surface area contributed by atoms with E-state index in [0.717, 1.165) is 5.56 Å². The lowest BCUT2D eigenvalue weighted by atomic mass is 10.1. The normalized spacial score (nSPS) is 11.7. The van der Waals surface area contributed by atoms with Gasteiger partial charge in [0.25, 0.3) is 0 Å². The maximum absolute atomic E-state index is 11.9. The van der Waals surface area contributed by atoms with Crippen molar-refractivity contribution in [3.63, 3.8) is 0 Å². The van der Waals surface area contributed by atoms with Crippen molar-refractivity contribution < 1.29 is 14.6 Å². The van der Waals surface area contributed by atoms with Gasteiger partial charge in [-0.3, -0.25) is 4.79 Å². The molecular formula is C20H20O3. The fourth-order valence-electron chi connectivity index (χ4n) is 1.99. The second-order valence-electron chi connectivity index (χ2n) is 5.00. The number of carbonyl (C=O) groups excluding carboxylic acids is 1. The Labute approximate surface area is 136 Å². The molecule has 2 rings (SSSR count). The van der Waals surface area contributed by atoms with Gasteiger partial charge in [0, 0.05) is 18.1 Å². The average molecular weight is 308 g/mol. The lowest BCUT2D eigenvalue weighted by Gasteiger charge is -2.01. The number of allylic oxidation sites excluding steroid dienone is 1. The first kappa shape index (κ1) is 16.7. The molecule has 2 aromatic rings. The van der Waals surface area contributed by atoms with Crippen LogP contribution in [-0.4, -0.2) is 24.1 Å². The van der Waals surface area contributed by atoms with Gasteiger partial charge in [-0.2, -0.15) is 0 Å². The maximum Gasteiger partial charge on any atom is 0.189 e. The van der Waals surface area contributed by atoms with Crippen LogP contribution in [0.25, 0.3) is 6.08 Å². The highest BCUT2D eigenvalue weighted by Gasteiger charge is 2.03. The summed E-state index contributed by atoms with van der Waals surface area (Å²) >= 11 is 0. The molecule has 0 heterocycles. The van der Waals surface area contributed by atoms with Gasteiger partial charge in [-0.15, -0.1) is 0 Å². The molecule has 0 fully saturated rings. The highest BCUT2D eigenvalue weighted by molar-refractivity contribution is 6.04. The summed E-state index contributed by atoms with van der Waals surface area (Å²) in [5.41, 5.74) is 1.68. The van der Waals surface area contributed by atoms with Crippen LogP contribution in [0.4, 0.5) is 0 Å². The Kier molecular flexibility index (Phi) is 6.82. The van der Waals surface area contributed by atoms with E-state index in [9.17, 15) is 9.90 Å². The predicted molar refractivity (Wildman–Crippen MR) is 92.4 cm³/mol. The zero-order valence-electron chi connectivity index (χ0n) is 12.9. The number of carbonyl (C=O) groups is 1. The minimum Gasteiger partial charge on any atom is -0.512 e. The molecule has 3 heteroatoms. The Bertz CT molecular complexity index is 658. The average Bonchev–Trinajstić information content (AvgIpc) is 2.59. The molecule has 2 aromatic carbocycles. The summed E-state index contributed by atoms with van der Waals surface area (Å²) in [5, 5.41) is 9.76. The van der Waals surface area contributed by atoms with Crippen molar-refractivity contribution in [2.75, 3.05) is 13.2 Å². The number of hydrogen-bond donors (Lipinski definition) is 1. The zero-order valence-corrected chi connectivity index (χ0v) is 12.9. The number of aliphatic hydroxyl groups excluding tert-OH is 1. The van der Waals surface area contributed by atoms with Gasteiger partial charge in [0.15, 0.2) is 5.78 Å². The lowest BCUT2D eigenvalue weighted by Crippen LogP contribution is -2.00. The molecule has 0 aliphatic heterocycles. The summed E-state index contributed by atoms with van der Waals surface area (Å²) in [6, 6.07) is 18.8. The summed E-state index contributed by atoms with van der Waals surface area (Å²) in [6.07, 6.45) is 5.47. The SMILES string of the molecule is O=C(/C=C(\O)CCOC/C=C/c1ccccc1)c1ccccc1. The van der Waals surface area contributed by atoms with Crippen molar-refractivity contribution in [1.82, 2.24) is 0 Å². The van der Waals surface area contributed by atoms with Crippen LogP contribution in [0.5, 0.6) is 0 Å². The Hall–Kier alpha value is -2.65. The Balaban J connectivity index is 1.68. The molecule has 0 spiro atoms. The molecular weight excluding hydrogens is 288 g/mol. The van der Waals surface area contributed by atoms with Crippen LogP contribution >= 0.6 is 0 Å². The van der Waals surface area contributed by atoms with Gasteiger partial charge < -0.3 is 9.84 Å². The molecule has 0 bridgehead atoms. The minimum atomic E-state index is -0.202. The van der Waals surface area contributed by atoms with Crippen LogP contribution in [0.15, 0.2) is 78.6 Å². The highest BCUT2D eigenvalue weighted by Crippen LogP contribution is 2.05. The summed E-state index contributed by atoms with van der Waals surface area (Å²) < 4.78 is 5.41. The smallest absolute Gasteiger partial charge is 0.189 e. The van der Waals surface area contributed by atoms with Gasteiger partial charge in [0.05, 0.1) is 19.0 Å². The molecule has 3 nitrogen and oxygen atoms in total. The molecule has 0 amide bonds. The quantitative estimate of drug-likeness (QED) is 0.339. The summed E-state index contributed by atoms with van der Waals surface area (Å²) in [7, 11) is 0. The fraction of sp³-hybridized carbons (Fsp3) is 0.150. The highest BCUT2D eigenvalue weighted by atomic mass is 16.5. The van der Waals surface area contributed by atoms with E-state index in [2.05, 4.69) is 0 Å². The lowest BCUT2D eigenvalue weighted by molar-refractivity contribution is 0.104. The second kappa shape index (κ2) is 9.38. The molecule has 23 heavy (non-hydrogen) atoms. The molecule has 0 atom stereocenters. The van der Waals surface area contributed by atoms with Crippen molar-refractivity contribution >= 4 is 11.9 Å². The Morgan fingerprint density at radius 1 is 1.00 bits per heavy atom. The molecule has 0 aliphatic rings. The van der Waals surface area contributed by atoms with Crippen LogP contribution in [-0.2, 0) is 4.74 Å². The third-order valence-electron chi connectivity index (χ3n) is 3.18. The van der Waals surface area contributed by atoms with Gasteiger partial charge in [0.2, 0.25) is 0 Å². The van der Waals surface area contributed by atoms with E-state index < -0.39 is 0 Å². The van der Waals surface area contributed by atoms with E-state index >= 15 is 0 Å². The number of ether oxygens (including phenoxy) is 1.